The second-order valence-electron chi connectivity index (χ2n) is 2.65. The molecule has 2 aliphatic rings. The first-order chi connectivity index (χ1) is 4.22. The number of carbonyl (C=O) groups is 1. The molecule has 2 heteroatoms. The zero-order valence-corrected chi connectivity index (χ0v) is 5.47. The van der Waals surface area contributed by atoms with E-state index in [4.69, 9.17) is 4.74 Å². The quantitative estimate of drug-likeness (QED) is 0.444. The highest BCUT2D eigenvalue weighted by Gasteiger charge is 2.52. The molecule has 2 unspecified atom stereocenters. The van der Waals surface area contributed by atoms with E-state index in [1.807, 2.05) is 13.8 Å². The van der Waals surface area contributed by atoms with E-state index < -0.39 is 0 Å². The van der Waals surface area contributed by atoms with Gasteiger partial charge in [0.1, 0.15) is 6.10 Å². The molecule has 2 nitrogen and oxygen atoms in total. The van der Waals surface area contributed by atoms with Crippen LogP contribution in [0.1, 0.15) is 13.8 Å². The summed E-state index contributed by atoms with van der Waals surface area (Å²) in [5.41, 5.74) is 2.04. The van der Waals surface area contributed by atoms with E-state index in [0.29, 0.717) is 0 Å². The lowest BCUT2D eigenvalue weighted by Gasteiger charge is -1.93. The second kappa shape index (κ2) is 1.27. The number of carbonyl (C=O) groups excluding carboxylic acids is 1. The van der Waals surface area contributed by atoms with Crippen LogP contribution >= 0.6 is 0 Å². The van der Waals surface area contributed by atoms with Gasteiger partial charge in [-0.1, -0.05) is 0 Å². The Morgan fingerprint density at radius 2 is 2.00 bits per heavy atom. The Morgan fingerprint density at radius 3 is 2.22 bits per heavy atom. The van der Waals surface area contributed by atoms with Crippen LogP contribution in [0.4, 0.5) is 0 Å². The van der Waals surface area contributed by atoms with Crippen molar-refractivity contribution in [3.63, 3.8) is 0 Å². The van der Waals surface area contributed by atoms with Crippen LogP contribution < -0.4 is 0 Å². The molecule has 0 spiro atoms. The molecule has 0 amide bonds. The average molecular weight is 124 g/mol. The Balaban J connectivity index is 2.44. The zero-order valence-electron chi connectivity index (χ0n) is 5.47. The van der Waals surface area contributed by atoms with Crippen LogP contribution in [-0.4, -0.2) is 18.0 Å². The Bertz CT molecular complexity index is 215. The zero-order chi connectivity index (χ0) is 6.59. The molecular formula is C7H8O2. The van der Waals surface area contributed by atoms with Gasteiger partial charge in [-0.15, -0.1) is 0 Å². The lowest BCUT2D eigenvalue weighted by atomic mass is 10.2. The summed E-state index contributed by atoms with van der Waals surface area (Å²) in [5.74, 6) is 0.192. The number of fused-ring (bicyclic) bond motifs is 1. The van der Waals surface area contributed by atoms with Crippen LogP contribution in [0.5, 0.6) is 0 Å². The summed E-state index contributed by atoms with van der Waals surface area (Å²) in [7, 11) is 0. The topological polar surface area (TPSA) is 29.6 Å². The van der Waals surface area contributed by atoms with E-state index in [1.54, 1.807) is 0 Å². The summed E-state index contributed by atoms with van der Waals surface area (Å²) in [5, 5.41) is 0. The van der Waals surface area contributed by atoms with Crippen molar-refractivity contribution >= 4 is 5.78 Å². The van der Waals surface area contributed by atoms with Gasteiger partial charge in [0.05, 0.1) is 0 Å². The van der Waals surface area contributed by atoms with Gasteiger partial charge in [-0.25, -0.2) is 0 Å². The van der Waals surface area contributed by atoms with Crippen molar-refractivity contribution in [3.05, 3.63) is 11.1 Å². The van der Waals surface area contributed by atoms with Gasteiger partial charge in [0.2, 0.25) is 0 Å². The maximum Gasteiger partial charge on any atom is 0.190 e. The predicted octanol–water partition coefficient (Wildman–Crippen LogP) is 0.673. The number of rotatable bonds is 0. The first-order valence-electron chi connectivity index (χ1n) is 3.09. The minimum Gasteiger partial charge on any atom is -0.356 e. The molecule has 1 heterocycles. The van der Waals surface area contributed by atoms with Crippen LogP contribution in [0.15, 0.2) is 11.1 Å². The third-order valence-electron chi connectivity index (χ3n) is 2.14. The molecule has 0 aromatic rings. The molecule has 0 aromatic heterocycles. The predicted molar refractivity (Wildman–Crippen MR) is 32.0 cm³/mol. The highest BCUT2D eigenvalue weighted by atomic mass is 16.6. The molecule has 0 radical (unpaired) electrons. The third kappa shape index (κ3) is 0.465. The molecule has 0 N–H and O–H groups in total. The van der Waals surface area contributed by atoms with Crippen molar-refractivity contribution in [2.75, 3.05) is 0 Å². The number of epoxide rings is 1. The summed E-state index contributed by atoms with van der Waals surface area (Å²) in [6.45, 7) is 3.83. The Morgan fingerprint density at radius 1 is 1.33 bits per heavy atom. The fourth-order valence-electron chi connectivity index (χ4n) is 1.26. The molecule has 1 fully saturated rings. The lowest BCUT2D eigenvalue weighted by molar-refractivity contribution is -0.116. The molecule has 0 bridgehead atoms. The summed E-state index contributed by atoms with van der Waals surface area (Å²) >= 11 is 0. The third-order valence-corrected chi connectivity index (χ3v) is 2.14. The molecule has 0 saturated carbocycles. The molecule has 9 heavy (non-hydrogen) atoms. The normalized spacial score (nSPS) is 39.6. The first-order valence-corrected chi connectivity index (χ1v) is 3.09. The Labute approximate surface area is 53.5 Å². The Hall–Kier alpha value is -0.630. The fourth-order valence-corrected chi connectivity index (χ4v) is 1.26. The van der Waals surface area contributed by atoms with Gasteiger partial charge >= 0.3 is 0 Å². The van der Waals surface area contributed by atoms with Crippen molar-refractivity contribution in [2.24, 2.45) is 0 Å². The number of hydrogen-bond donors (Lipinski definition) is 0. The van der Waals surface area contributed by atoms with Crippen molar-refractivity contribution < 1.29 is 9.53 Å². The molecule has 2 rings (SSSR count). The van der Waals surface area contributed by atoms with Crippen molar-refractivity contribution in [1.29, 1.82) is 0 Å². The van der Waals surface area contributed by atoms with E-state index in [9.17, 15) is 4.79 Å². The minimum atomic E-state index is -0.0787. The van der Waals surface area contributed by atoms with Gasteiger partial charge in [-0.05, 0) is 25.0 Å². The van der Waals surface area contributed by atoms with E-state index >= 15 is 0 Å². The summed E-state index contributed by atoms with van der Waals surface area (Å²) in [6, 6.07) is 0. The summed E-state index contributed by atoms with van der Waals surface area (Å²) < 4.78 is 5.04. The summed E-state index contributed by atoms with van der Waals surface area (Å²) in [6.07, 6.45) is 0.0856. The highest BCUT2D eigenvalue weighted by Crippen LogP contribution is 2.39. The van der Waals surface area contributed by atoms with Crippen LogP contribution in [-0.2, 0) is 9.53 Å². The molecule has 1 aliphatic carbocycles. The maximum absolute atomic E-state index is 11.0. The highest BCUT2D eigenvalue weighted by molar-refractivity contribution is 6.04. The van der Waals surface area contributed by atoms with Gasteiger partial charge in [-0.2, -0.15) is 0 Å². The van der Waals surface area contributed by atoms with Gasteiger partial charge in [-0.3, -0.25) is 4.79 Å². The smallest absolute Gasteiger partial charge is 0.190 e. The van der Waals surface area contributed by atoms with Crippen molar-refractivity contribution in [3.8, 4) is 0 Å². The van der Waals surface area contributed by atoms with Crippen LogP contribution in [0.2, 0.25) is 0 Å². The molecule has 1 saturated heterocycles. The maximum atomic E-state index is 11.0. The standard InChI is InChI=1S/C7H8O2/c1-3-4(2)6-7(9-6)5(3)8/h6-7H,1-2H3. The van der Waals surface area contributed by atoms with E-state index in [2.05, 4.69) is 0 Å². The number of ketones is 1. The van der Waals surface area contributed by atoms with Gasteiger partial charge in [0, 0.05) is 0 Å². The minimum absolute atomic E-state index is 0.0787. The lowest BCUT2D eigenvalue weighted by Crippen LogP contribution is -2.02. The fraction of sp³-hybridized carbons (Fsp3) is 0.571. The molecule has 0 aromatic carbocycles. The SMILES string of the molecule is CC1=C(C)C2OC2C1=O. The van der Waals surface area contributed by atoms with E-state index in [-0.39, 0.29) is 18.0 Å². The van der Waals surface area contributed by atoms with Crippen molar-refractivity contribution in [1.82, 2.24) is 0 Å². The van der Waals surface area contributed by atoms with Crippen LogP contribution in [0.3, 0.4) is 0 Å². The number of hydrogen-bond acceptors (Lipinski definition) is 2. The monoisotopic (exact) mass is 124 g/mol. The van der Waals surface area contributed by atoms with Crippen LogP contribution in [0.25, 0.3) is 0 Å². The number of ether oxygens (including phenoxy) is 1. The largest absolute Gasteiger partial charge is 0.356 e. The average Bonchev–Trinajstić information content (AvgIpc) is 2.56. The Kier molecular flexibility index (Phi) is 0.728. The molecule has 2 atom stereocenters. The summed E-state index contributed by atoms with van der Waals surface area (Å²) in [4.78, 5) is 11.0. The molecular weight excluding hydrogens is 116 g/mol. The van der Waals surface area contributed by atoms with Gasteiger partial charge < -0.3 is 4.74 Å². The molecule has 1 aliphatic heterocycles. The van der Waals surface area contributed by atoms with Gasteiger partial charge in [0.15, 0.2) is 11.9 Å². The van der Waals surface area contributed by atoms with Gasteiger partial charge in [0.25, 0.3) is 0 Å². The molecule has 48 valence electrons. The van der Waals surface area contributed by atoms with Crippen LogP contribution in [0, 0.1) is 0 Å². The number of Topliss-reactive ketones (excluding diaryl/α,β-unsaturated/α-hetero) is 1. The second-order valence-corrected chi connectivity index (χ2v) is 2.65. The van der Waals surface area contributed by atoms with E-state index in [1.165, 1.54) is 0 Å². The van der Waals surface area contributed by atoms with Crippen molar-refractivity contribution in [2.45, 2.75) is 26.1 Å². The van der Waals surface area contributed by atoms with E-state index in [0.717, 1.165) is 11.1 Å². The first kappa shape index (κ1) is 5.18.